The molecule has 3 aromatic rings. The fourth-order valence-corrected chi connectivity index (χ4v) is 5.61. The van der Waals surface area contributed by atoms with Gasteiger partial charge in [-0.05, 0) is 42.3 Å². The van der Waals surface area contributed by atoms with E-state index in [2.05, 4.69) is 10.0 Å². The number of ether oxygens (including phenoxy) is 2. The second-order valence-electron chi connectivity index (χ2n) is 8.45. The lowest BCUT2D eigenvalue weighted by Gasteiger charge is -2.30. The van der Waals surface area contributed by atoms with Crippen LogP contribution in [-0.4, -0.2) is 47.7 Å². The van der Waals surface area contributed by atoms with Crippen molar-refractivity contribution in [2.45, 2.75) is 24.2 Å². The maximum Gasteiger partial charge on any atom is 0.264 e. The Balaban J connectivity index is 1.68. The Labute approximate surface area is 212 Å². The van der Waals surface area contributed by atoms with Gasteiger partial charge in [0, 0.05) is 18.8 Å². The number of morpholine rings is 1. The van der Waals surface area contributed by atoms with Gasteiger partial charge in [-0.1, -0.05) is 49.4 Å². The molecule has 8 nitrogen and oxygen atoms in total. The van der Waals surface area contributed by atoms with Crippen molar-refractivity contribution in [2.75, 3.05) is 48.4 Å². The Bertz CT molecular complexity index is 1290. The van der Waals surface area contributed by atoms with Gasteiger partial charge in [0.1, 0.15) is 10.6 Å². The Morgan fingerprint density at radius 3 is 2.42 bits per heavy atom. The first-order valence-corrected chi connectivity index (χ1v) is 13.4. The van der Waals surface area contributed by atoms with Crippen molar-refractivity contribution < 1.29 is 22.7 Å². The van der Waals surface area contributed by atoms with E-state index in [9.17, 15) is 13.2 Å². The maximum absolute atomic E-state index is 13.6. The minimum absolute atomic E-state index is 0.0702. The molecule has 4 rings (SSSR count). The minimum Gasteiger partial charge on any atom is -0.495 e. The molecule has 0 unspecified atom stereocenters. The highest BCUT2D eigenvalue weighted by Gasteiger charge is 2.26. The second-order valence-corrected chi connectivity index (χ2v) is 10.1. The van der Waals surface area contributed by atoms with E-state index in [1.54, 1.807) is 36.4 Å². The molecule has 1 fully saturated rings. The number of sulfonamides is 1. The predicted octanol–water partition coefficient (Wildman–Crippen LogP) is 4.46. The van der Waals surface area contributed by atoms with Crippen molar-refractivity contribution in [3.63, 3.8) is 0 Å². The minimum atomic E-state index is -4.03. The third-order valence-electron chi connectivity index (χ3n) is 6.15. The van der Waals surface area contributed by atoms with Crippen molar-refractivity contribution in [1.82, 2.24) is 0 Å². The lowest BCUT2D eigenvalue weighted by atomic mass is 9.95. The SMILES string of the molecule is CC[C@H](C(=O)Nc1ccc(N2CCOCC2)c(S(=O)(=O)Nc2ccccc2OC)c1)c1ccccc1. The van der Waals surface area contributed by atoms with Crippen LogP contribution in [-0.2, 0) is 19.6 Å². The summed E-state index contributed by atoms with van der Waals surface area (Å²) in [5.74, 6) is -0.132. The van der Waals surface area contributed by atoms with Crippen LogP contribution in [0.15, 0.2) is 77.7 Å². The number of nitrogens with zero attached hydrogens (tertiary/aromatic N) is 1. The van der Waals surface area contributed by atoms with E-state index in [0.29, 0.717) is 55.5 Å². The number of hydrogen-bond acceptors (Lipinski definition) is 6. The first-order valence-electron chi connectivity index (χ1n) is 11.9. The lowest BCUT2D eigenvalue weighted by molar-refractivity contribution is -0.117. The molecule has 36 heavy (non-hydrogen) atoms. The second kappa shape index (κ2) is 11.5. The highest BCUT2D eigenvalue weighted by atomic mass is 32.2. The standard InChI is InChI=1S/C27H31N3O5S/c1-3-22(20-9-5-4-6-10-20)27(31)28-21-13-14-24(30-15-17-35-18-16-30)26(19-21)36(32,33)29-23-11-7-8-12-25(23)34-2/h4-14,19,22,29H,3,15-18H2,1-2H3,(H,28,31)/t22-/m0/s1. The summed E-state index contributed by atoms with van der Waals surface area (Å²) in [5.41, 5.74) is 2.20. The number of rotatable bonds is 9. The first kappa shape index (κ1) is 25.5. The fraction of sp³-hybridized carbons (Fsp3) is 0.296. The quantitative estimate of drug-likeness (QED) is 0.442. The Morgan fingerprint density at radius 1 is 1.03 bits per heavy atom. The zero-order chi connectivity index (χ0) is 25.5. The number of carbonyl (C=O) groups is 1. The number of hydrogen-bond donors (Lipinski definition) is 2. The van der Waals surface area contributed by atoms with Crippen molar-refractivity contribution in [3.8, 4) is 5.75 Å². The van der Waals surface area contributed by atoms with Gasteiger partial charge in [-0.2, -0.15) is 0 Å². The van der Waals surface area contributed by atoms with E-state index in [0.717, 1.165) is 5.56 Å². The van der Waals surface area contributed by atoms with Crippen LogP contribution in [0.4, 0.5) is 17.1 Å². The molecular formula is C27H31N3O5S. The van der Waals surface area contributed by atoms with E-state index in [-0.39, 0.29) is 16.7 Å². The van der Waals surface area contributed by atoms with Crippen LogP contribution in [0, 0.1) is 0 Å². The highest BCUT2D eigenvalue weighted by molar-refractivity contribution is 7.93. The van der Waals surface area contributed by atoms with Crippen LogP contribution in [0.2, 0.25) is 0 Å². The Kier molecular flexibility index (Phi) is 8.12. The van der Waals surface area contributed by atoms with Crippen molar-refractivity contribution in [1.29, 1.82) is 0 Å². The number of anilines is 3. The van der Waals surface area contributed by atoms with Gasteiger partial charge in [-0.25, -0.2) is 8.42 Å². The molecule has 0 aromatic heterocycles. The van der Waals surface area contributed by atoms with E-state index in [4.69, 9.17) is 9.47 Å². The molecule has 0 spiro atoms. The van der Waals surface area contributed by atoms with Crippen LogP contribution >= 0.6 is 0 Å². The zero-order valence-corrected chi connectivity index (χ0v) is 21.3. The van der Waals surface area contributed by atoms with Gasteiger partial charge in [0.05, 0.1) is 37.6 Å². The van der Waals surface area contributed by atoms with Gasteiger partial charge in [-0.15, -0.1) is 0 Å². The summed E-state index contributed by atoms with van der Waals surface area (Å²) >= 11 is 0. The molecular weight excluding hydrogens is 478 g/mol. The average Bonchev–Trinajstić information content (AvgIpc) is 2.90. The molecule has 3 aromatic carbocycles. The number of benzene rings is 3. The van der Waals surface area contributed by atoms with E-state index >= 15 is 0 Å². The first-order chi connectivity index (χ1) is 17.4. The van der Waals surface area contributed by atoms with Crippen LogP contribution < -0.4 is 19.7 Å². The molecule has 190 valence electrons. The van der Waals surface area contributed by atoms with Crippen molar-refractivity contribution in [2.24, 2.45) is 0 Å². The number of para-hydroxylation sites is 2. The fourth-order valence-electron chi connectivity index (χ4n) is 4.29. The van der Waals surface area contributed by atoms with Gasteiger partial charge < -0.3 is 19.7 Å². The van der Waals surface area contributed by atoms with E-state index < -0.39 is 10.0 Å². The topological polar surface area (TPSA) is 97.0 Å². The van der Waals surface area contributed by atoms with Crippen LogP contribution in [0.1, 0.15) is 24.8 Å². The van der Waals surface area contributed by atoms with Crippen LogP contribution in [0.5, 0.6) is 5.75 Å². The number of methoxy groups -OCH3 is 1. The molecule has 1 amide bonds. The molecule has 1 aliphatic heterocycles. The highest BCUT2D eigenvalue weighted by Crippen LogP contribution is 2.33. The summed E-state index contributed by atoms with van der Waals surface area (Å²) in [5, 5.41) is 2.92. The lowest BCUT2D eigenvalue weighted by Crippen LogP contribution is -2.37. The summed E-state index contributed by atoms with van der Waals surface area (Å²) in [4.78, 5) is 15.2. The third-order valence-corrected chi connectivity index (χ3v) is 7.54. The smallest absolute Gasteiger partial charge is 0.264 e. The normalized spacial score (nSPS) is 14.7. The van der Waals surface area contributed by atoms with Crippen molar-refractivity contribution in [3.05, 3.63) is 78.4 Å². The van der Waals surface area contributed by atoms with Gasteiger partial charge in [0.25, 0.3) is 10.0 Å². The number of carbonyl (C=O) groups excluding carboxylic acids is 1. The molecule has 1 aliphatic rings. The number of amides is 1. The maximum atomic E-state index is 13.6. The van der Waals surface area contributed by atoms with E-state index in [1.165, 1.54) is 13.2 Å². The molecule has 0 radical (unpaired) electrons. The van der Waals surface area contributed by atoms with Gasteiger partial charge in [-0.3, -0.25) is 9.52 Å². The Hall–Kier alpha value is -3.56. The monoisotopic (exact) mass is 509 g/mol. The van der Waals surface area contributed by atoms with E-state index in [1.807, 2.05) is 42.2 Å². The Morgan fingerprint density at radius 2 is 1.72 bits per heavy atom. The molecule has 9 heteroatoms. The van der Waals surface area contributed by atoms with Crippen LogP contribution in [0.3, 0.4) is 0 Å². The largest absolute Gasteiger partial charge is 0.495 e. The summed E-state index contributed by atoms with van der Waals surface area (Å²) in [6.07, 6.45) is 0.613. The van der Waals surface area contributed by atoms with Crippen LogP contribution in [0.25, 0.3) is 0 Å². The van der Waals surface area contributed by atoms with Gasteiger partial charge in [0.2, 0.25) is 5.91 Å². The average molecular weight is 510 g/mol. The van der Waals surface area contributed by atoms with Gasteiger partial charge >= 0.3 is 0 Å². The molecule has 2 N–H and O–H groups in total. The third kappa shape index (κ3) is 5.80. The predicted molar refractivity (Wildman–Crippen MR) is 141 cm³/mol. The van der Waals surface area contributed by atoms with Crippen molar-refractivity contribution >= 4 is 33.0 Å². The number of nitrogens with one attached hydrogen (secondary N) is 2. The molecule has 1 saturated heterocycles. The van der Waals surface area contributed by atoms with Gasteiger partial charge in [0.15, 0.2) is 0 Å². The molecule has 1 atom stereocenters. The zero-order valence-electron chi connectivity index (χ0n) is 20.4. The summed E-state index contributed by atoms with van der Waals surface area (Å²) < 4.78 is 40.7. The molecule has 0 bridgehead atoms. The molecule has 0 aliphatic carbocycles. The summed E-state index contributed by atoms with van der Waals surface area (Å²) in [6, 6.07) is 21.4. The molecule has 0 saturated carbocycles. The molecule has 1 heterocycles. The summed E-state index contributed by atoms with van der Waals surface area (Å²) in [7, 11) is -2.54. The summed E-state index contributed by atoms with van der Waals surface area (Å²) in [6.45, 7) is 4.09.